The summed E-state index contributed by atoms with van der Waals surface area (Å²) in [6.45, 7) is 1.14. The maximum atomic E-state index is 11.9. The predicted molar refractivity (Wildman–Crippen MR) is 82.3 cm³/mol. The molecule has 1 aromatic carbocycles. The van der Waals surface area contributed by atoms with Gasteiger partial charge in [0.15, 0.2) is 0 Å². The van der Waals surface area contributed by atoms with E-state index in [0.717, 1.165) is 18.0 Å². The molecule has 106 valence electrons. The molecule has 0 fully saturated rings. The van der Waals surface area contributed by atoms with Crippen molar-refractivity contribution >= 4 is 22.9 Å². The normalized spacial score (nSPS) is 10.6. The van der Waals surface area contributed by atoms with E-state index in [1.807, 2.05) is 41.6 Å². The number of likely N-dealkylation sites (N-methyl/N-ethyl adjacent to an activating group) is 1. The van der Waals surface area contributed by atoms with E-state index in [1.54, 1.807) is 18.4 Å². The molecule has 2 rings (SSSR count). The van der Waals surface area contributed by atoms with Crippen LogP contribution < -0.4 is 10.1 Å². The Bertz CT molecular complexity index is 538. The minimum Gasteiger partial charge on any atom is -0.497 e. The number of hydrogen-bond donors (Lipinski definition) is 1. The van der Waals surface area contributed by atoms with Crippen LogP contribution in [-0.4, -0.2) is 31.5 Å². The topological polar surface area (TPSA) is 41.6 Å². The second kappa shape index (κ2) is 7.07. The molecule has 5 heteroatoms. The number of hydrogen-bond acceptors (Lipinski definition) is 4. The number of ether oxygens (including phenoxy) is 1. The Balaban J connectivity index is 1.82. The minimum absolute atomic E-state index is 0.0205. The Hall–Kier alpha value is -1.85. The van der Waals surface area contributed by atoms with Gasteiger partial charge in [0, 0.05) is 12.2 Å². The SMILES string of the molecule is COc1ccc(NC(=O)CN(C)Cc2ccsc2)cc1. The largest absolute Gasteiger partial charge is 0.497 e. The molecule has 0 aliphatic carbocycles. The summed E-state index contributed by atoms with van der Waals surface area (Å²) >= 11 is 1.67. The molecular formula is C15H18N2O2S. The second-order valence-corrected chi connectivity index (χ2v) is 5.36. The lowest BCUT2D eigenvalue weighted by Gasteiger charge is -2.15. The quantitative estimate of drug-likeness (QED) is 0.889. The van der Waals surface area contributed by atoms with Crippen molar-refractivity contribution in [2.24, 2.45) is 0 Å². The summed E-state index contributed by atoms with van der Waals surface area (Å²) in [7, 11) is 3.55. The van der Waals surface area contributed by atoms with Gasteiger partial charge in [-0.05, 0) is 53.7 Å². The van der Waals surface area contributed by atoms with Gasteiger partial charge in [0.1, 0.15) is 5.75 Å². The van der Waals surface area contributed by atoms with Gasteiger partial charge in [-0.25, -0.2) is 0 Å². The van der Waals surface area contributed by atoms with Gasteiger partial charge < -0.3 is 10.1 Å². The molecule has 1 heterocycles. The average molecular weight is 290 g/mol. The summed E-state index contributed by atoms with van der Waals surface area (Å²) in [5, 5.41) is 7.01. The Morgan fingerprint density at radius 3 is 2.65 bits per heavy atom. The van der Waals surface area contributed by atoms with Crippen molar-refractivity contribution in [3.63, 3.8) is 0 Å². The molecule has 1 N–H and O–H groups in total. The molecule has 20 heavy (non-hydrogen) atoms. The van der Waals surface area contributed by atoms with E-state index in [-0.39, 0.29) is 5.91 Å². The molecule has 0 saturated carbocycles. The van der Waals surface area contributed by atoms with E-state index in [1.165, 1.54) is 5.56 Å². The number of methoxy groups -OCH3 is 1. The highest BCUT2D eigenvalue weighted by atomic mass is 32.1. The molecule has 1 aromatic heterocycles. The molecule has 2 aromatic rings. The summed E-state index contributed by atoms with van der Waals surface area (Å²) in [6, 6.07) is 9.38. The van der Waals surface area contributed by atoms with Gasteiger partial charge in [-0.3, -0.25) is 9.69 Å². The van der Waals surface area contributed by atoms with Gasteiger partial charge in [-0.15, -0.1) is 0 Å². The number of benzene rings is 1. The molecule has 0 radical (unpaired) electrons. The molecule has 0 bridgehead atoms. The predicted octanol–water partition coefficient (Wildman–Crippen LogP) is 2.83. The first kappa shape index (κ1) is 14.6. The Labute approximate surface area is 123 Å². The Morgan fingerprint density at radius 2 is 2.05 bits per heavy atom. The van der Waals surface area contributed by atoms with Gasteiger partial charge in [0.25, 0.3) is 0 Å². The molecule has 0 aliphatic rings. The van der Waals surface area contributed by atoms with E-state index >= 15 is 0 Å². The number of carbonyl (C=O) groups excluding carboxylic acids is 1. The van der Waals surface area contributed by atoms with Crippen LogP contribution in [-0.2, 0) is 11.3 Å². The molecule has 0 saturated heterocycles. The smallest absolute Gasteiger partial charge is 0.238 e. The van der Waals surface area contributed by atoms with Crippen molar-refractivity contribution in [2.75, 3.05) is 26.0 Å². The molecule has 0 aliphatic heterocycles. The first-order chi connectivity index (χ1) is 9.67. The average Bonchev–Trinajstić information content (AvgIpc) is 2.92. The zero-order valence-electron chi connectivity index (χ0n) is 11.6. The van der Waals surface area contributed by atoms with Crippen molar-refractivity contribution in [1.29, 1.82) is 0 Å². The molecule has 0 atom stereocenters. The van der Waals surface area contributed by atoms with Crippen LogP contribution in [0.4, 0.5) is 5.69 Å². The van der Waals surface area contributed by atoms with Crippen LogP contribution in [0.5, 0.6) is 5.75 Å². The van der Waals surface area contributed by atoms with E-state index in [2.05, 4.69) is 16.8 Å². The third-order valence-corrected chi connectivity index (χ3v) is 3.55. The van der Waals surface area contributed by atoms with Crippen molar-refractivity contribution < 1.29 is 9.53 Å². The first-order valence-corrected chi connectivity index (χ1v) is 7.25. The molecule has 4 nitrogen and oxygen atoms in total. The molecule has 0 spiro atoms. The van der Waals surface area contributed by atoms with Gasteiger partial charge >= 0.3 is 0 Å². The zero-order chi connectivity index (χ0) is 14.4. The van der Waals surface area contributed by atoms with Crippen molar-refractivity contribution in [3.8, 4) is 5.75 Å². The van der Waals surface area contributed by atoms with Crippen molar-refractivity contribution in [3.05, 3.63) is 46.7 Å². The minimum atomic E-state index is -0.0205. The van der Waals surface area contributed by atoms with Crippen LogP contribution in [0.2, 0.25) is 0 Å². The van der Waals surface area contributed by atoms with E-state index < -0.39 is 0 Å². The number of carbonyl (C=O) groups is 1. The number of amides is 1. The van der Waals surface area contributed by atoms with E-state index in [9.17, 15) is 4.79 Å². The third-order valence-electron chi connectivity index (χ3n) is 2.82. The number of nitrogens with zero attached hydrogens (tertiary/aromatic N) is 1. The fourth-order valence-electron chi connectivity index (χ4n) is 1.87. The first-order valence-electron chi connectivity index (χ1n) is 6.31. The maximum absolute atomic E-state index is 11.9. The lowest BCUT2D eigenvalue weighted by molar-refractivity contribution is -0.117. The van der Waals surface area contributed by atoms with E-state index in [4.69, 9.17) is 4.74 Å². The fraction of sp³-hybridized carbons (Fsp3) is 0.267. The summed E-state index contributed by atoms with van der Waals surface area (Å²) < 4.78 is 5.08. The fourth-order valence-corrected chi connectivity index (χ4v) is 2.53. The monoisotopic (exact) mass is 290 g/mol. The van der Waals surface area contributed by atoms with Crippen LogP contribution in [0.3, 0.4) is 0 Å². The van der Waals surface area contributed by atoms with Crippen LogP contribution >= 0.6 is 11.3 Å². The molecule has 1 amide bonds. The van der Waals surface area contributed by atoms with Crippen LogP contribution in [0.25, 0.3) is 0 Å². The number of anilines is 1. The van der Waals surface area contributed by atoms with Crippen LogP contribution in [0, 0.1) is 0 Å². The number of thiophene rings is 1. The van der Waals surface area contributed by atoms with Gasteiger partial charge in [0.05, 0.1) is 13.7 Å². The highest BCUT2D eigenvalue weighted by Crippen LogP contribution is 2.15. The lowest BCUT2D eigenvalue weighted by atomic mass is 10.3. The molecular weight excluding hydrogens is 272 g/mol. The Kier molecular flexibility index (Phi) is 5.15. The summed E-state index contributed by atoms with van der Waals surface area (Å²) in [6.07, 6.45) is 0. The Morgan fingerprint density at radius 1 is 1.30 bits per heavy atom. The third kappa shape index (κ3) is 4.36. The summed E-state index contributed by atoms with van der Waals surface area (Å²) in [5.41, 5.74) is 2.01. The summed E-state index contributed by atoms with van der Waals surface area (Å²) in [5.74, 6) is 0.755. The van der Waals surface area contributed by atoms with Gasteiger partial charge in [0.2, 0.25) is 5.91 Å². The van der Waals surface area contributed by atoms with Gasteiger partial charge in [-0.2, -0.15) is 11.3 Å². The van der Waals surface area contributed by atoms with Crippen LogP contribution in [0.1, 0.15) is 5.56 Å². The maximum Gasteiger partial charge on any atom is 0.238 e. The van der Waals surface area contributed by atoms with Crippen molar-refractivity contribution in [2.45, 2.75) is 6.54 Å². The van der Waals surface area contributed by atoms with Gasteiger partial charge in [-0.1, -0.05) is 0 Å². The second-order valence-electron chi connectivity index (χ2n) is 4.58. The van der Waals surface area contributed by atoms with Crippen molar-refractivity contribution in [1.82, 2.24) is 4.90 Å². The highest BCUT2D eigenvalue weighted by Gasteiger charge is 2.07. The standard InChI is InChI=1S/C15H18N2O2S/c1-17(9-12-7-8-20-11-12)10-15(18)16-13-3-5-14(19-2)6-4-13/h3-8,11H,9-10H2,1-2H3,(H,16,18). The molecule has 0 unspecified atom stereocenters. The summed E-state index contributed by atoms with van der Waals surface area (Å²) in [4.78, 5) is 13.9. The van der Waals surface area contributed by atoms with Crippen LogP contribution in [0.15, 0.2) is 41.1 Å². The zero-order valence-corrected chi connectivity index (χ0v) is 12.4. The number of nitrogens with one attached hydrogen (secondary N) is 1. The lowest BCUT2D eigenvalue weighted by Crippen LogP contribution is -2.29. The highest BCUT2D eigenvalue weighted by molar-refractivity contribution is 7.07. The van der Waals surface area contributed by atoms with E-state index in [0.29, 0.717) is 6.54 Å². The number of rotatable bonds is 6.